The molecule has 2 rings (SSSR count). The van der Waals surface area contributed by atoms with E-state index in [-0.39, 0.29) is 11.3 Å². The van der Waals surface area contributed by atoms with Gasteiger partial charge in [-0.1, -0.05) is 36.7 Å². The van der Waals surface area contributed by atoms with Crippen molar-refractivity contribution >= 4 is 28.9 Å². The molecular weight excluding hydrogens is 391 g/mol. The highest BCUT2D eigenvalue weighted by atomic mass is 35.5. The van der Waals surface area contributed by atoms with E-state index in [2.05, 4.69) is 10.6 Å². The molecule has 2 N–H and O–H groups in total. The van der Waals surface area contributed by atoms with Crippen LogP contribution in [0.15, 0.2) is 48.2 Å². The molecular formula is C20H17ClF3N3O. The predicted octanol–water partition coefficient (Wildman–Crippen LogP) is 5.69. The normalized spacial score (nSPS) is 11.7. The van der Waals surface area contributed by atoms with E-state index in [1.165, 1.54) is 6.07 Å². The molecule has 0 unspecified atom stereocenters. The van der Waals surface area contributed by atoms with Crippen LogP contribution in [0.2, 0.25) is 5.02 Å². The Morgan fingerprint density at radius 1 is 1.29 bits per heavy atom. The summed E-state index contributed by atoms with van der Waals surface area (Å²) in [6.07, 6.45) is -2.87. The number of amides is 1. The molecule has 0 saturated heterocycles. The number of carbonyl (C=O) groups is 1. The summed E-state index contributed by atoms with van der Waals surface area (Å²) in [6.45, 7) is 3.76. The summed E-state index contributed by atoms with van der Waals surface area (Å²) in [5, 5.41) is 14.1. The van der Waals surface area contributed by atoms with Gasteiger partial charge in [-0.15, -0.1) is 0 Å². The minimum absolute atomic E-state index is 0.0439. The van der Waals surface area contributed by atoms with Crippen molar-refractivity contribution in [2.45, 2.75) is 26.4 Å². The van der Waals surface area contributed by atoms with E-state index in [1.807, 2.05) is 32.0 Å². The third-order valence-electron chi connectivity index (χ3n) is 4.00. The molecule has 0 bridgehead atoms. The van der Waals surface area contributed by atoms with E-state index >= 15 is 0 Å². The van der Waals surface area contributed by atoms with Crippen molar-refractivity contribution in [1.82, 2.24) is 0 Å². The Hall–Kier alpha value is -2.98. The molecule has 0 atom stereocenters. The fraction of sp³-hybridized carbons (Fsp3) is 0.200. The standard InChI is InChI=1S/C20H17ClF3N3O/c1-3-13-6-4-5-12(2)18(13)27-19(28)14(10-25)11-26-15-7-8-17(21)16(9-15)20(22,23)24/h4-9,11,26H,3H2,1-2H3,(H,27,28)/b14-11-. The first-order valence-corrected chi connectivity index (χ1v) is 8.68. The lowest BCUT2D eigenvalue weighted by Crippen LogP contribution is -2.16. The SMILES string of the molecule is CCc1cccc(C)c1NC(=O)/C(C#N)=C\Nc1ccc(Cl)c(C(F)(F)F)c1. The molecule has 0 aliphatic rings. The molecule has 4 nitrogen and oxygen atoms in total. The zero-order chi connectivity index (χ0) is 20.9. The van der Waals surface area contributed by atoms with Gasteiger partial charge in [0.05, 0.1) is 10.6 Å². The van der Waals surface area contributed by atoms with E-state index in [0.29, 0.717) is 12.1 Å². The number of carbonyl (C=O) groups excluding carboxylic acids is 1. The number of rotatable bonds is 5. The third-order valence-corrected chi connectivity index (χ3v) is 4.33. The van der Waals surface area contributed by atoms with Gasteiger partial charge in [-0.2, -0.15) is 18.4 Å². The second-order valence-electron chi connectivity index (χ2n) is 5.92. The first kappa shape index (κ1) is 21.3. The van der Waals surface area contributed by atoms with Gasteiger partial charge in [-0.25, -0.2) is 0 Å². The maximum Gasteiger partial charge on any atom is 0.417 e. The molecule has 0 heterocycles. The smallest absolute Gasteiger partial charge is 0.360 e. The molecule has 2 aromatic rings. The minimum atomic E-state index is -4.62. The lowest BCUT2D eigenvalue weighted by Gasteiger charge is -2.13. The van der Waals surface area contributed by atoms with Crippen LogP contribution in [0.1, 0.15) is 23.6 Å². The Morgan fingerprint density at radius 3 is 2.61 bits per heavy atom. The van der Waals surface area contributed by atoms with Gasteiger partial charge in [-0.05, 0) is 42.7 Å². The summed E-state index contributed by atoms with van der Waals surface area (Å²) in [5.74, 6) is -0.663. The van der Waals surface area contributed by atoms with Crippen molar-refractivity contribution in [3.63, 3.8) is 0 Å². The number of nitriles is 1. The van der Waals surface area contributed by atoms with Crippen LogP contribution in [0.25, 0.3) is 0 Å². The van der Waals surface area contributed by atoms with Gasteiger partial charge in [0.1, 0.15) is 11.6 Å². The summed E-state index contributed by atoms with van der Waals surface area (Å²) < 4.78 is 38.8. The van der Waals surface area contributed by atoms with E-state index < -0.39 is 22.7 Å². The van der Waals surface area contributed by atoms with Crippen molar-refractivity contribution in [2.24, 2.45) is 0 Å². The Kier molecular flexibility index (Phi) is 6.71. The molecule has 0 spiro atoms. The Balaban J connectivity index is 2.24. The minimum Gasteiger partial charge on any atom is -0.360 e. The van der Waals surface area contributed by atoms with Crippen LogP contribution in [0, 0.1) is 18.3 Å². The Bertz CT molecular complexity index is 962. The molecule has 2 aromatic carbocycles. The van der Waals surface area contributed by atoms with Gasteiger partial charge >= 0.3 is 6.18 Å². The first-order chi connectivity index (χ1) is 13.2. The summed E-state index contributed by atoms with van der Waals surface area (Å²) in [5.41, 5.74) is 1.11. The zero-order valence-electron chi connectivity index (χ0n) is 15.1. The predicted molar refractivity (Wildman–Crippen MR) is 103 cm³/mol. The molecule has 0 fully saturated rings. The number of para-hydroxylation sites is 1. The maximum absolute atomic E-state index is 12.9. The monoisotopic (exact) mass is 407 g/mol. The average Bonchev–Trinajstić information content (AvgIpc) is 2.64. The van der Waals surface area contributed by atoms with Gasteiger partial charge in [0.15, 0.2) is 0 Å². The van der Waals surface area contributed by atoms with Crippen molar-refractivity contribution in [1.29, 1.82) is 5.26 Å². The van der Waals surface area contributed by atoms with Crippen LogP contribution in [0.4, 0.5) is 24.5 Å². The quantitative estimate of drug-likeness (QED) is 0.494. The van der Waals surface area contributed by atoms with Crippen molar-refractivity contribution in [2.75, 3.05) is 10.6 Å². The second-order valence-corrected chi connectivity index (χ2v) is 6.33. The molecule has 146 valence electrons. The number of hydrogen-bond donors (Lipinski definition) is 2. The fourth-order valence-electron chi connectivity index (χ4n) is 2.52. The lowest BCUT2D eigenvalue weighted by atomic mass is 10.1. The van der Waals surface area contributed by atoms with Gasteiger partial charge in [-0.3, -0.25) is 4.79 Å². The molecule has 1 amide bonds. The van der Waals surface area contributed by atoms with Crippen LogP contribution in [0.5, 0.6) is 0 Å². The highest BCUT2D eigenvalue weighted by Gasteiger charge is 2.33. The number of aryl methyl sites for hydroxylation is 2. The van der Waals surface area contributed by atoms with E-state index in [4.69, 9.17) is 11.6 Å². The zero-order valence-corrected chi connectivity index (χ0v) is 15.9. The summed E-state index contributed by atoms with van der Waals surface area (Å²) in [7, 11) is 0. The molecule has 0 aliphatic carbocycles. The fourth-order valence-corrected chi connectivity index (χ4v) is 2.74. The Morgan fingerprint density at radius 2 is 2.00 bits per heavy atom. The number of nitrogens with one attached hydrogen (secondary N) is 2. The highest BCUT2D eigenvalue weighted by molar-refractivity contribution is 6.31. The number of halogens is 4. The third kappa shape index (κ3) is 5.05. The largest absolute Gasteiger partial charge is 0.417 e. The van der Waals surface area contributed by atoms with Crippen LogP contribution >= 0.6 is 11.6 Å². The van der Waals surface area contributed by atoms with E-state index in [0.717, 1.165) is 29.5 Å². The maximum atomic E-state index is 12.9. The summed E-state index contributed by atoms with van der Waals surface area (Å²) in [6, 6.07) is 10.5. The molecule has 0 radical (unpaired) electrons. The van der Waals surface area contributed by atoms with E-state index in [1.54, 1.807) is 6.07 Å². The summed E-state index contributed by atoms with van der Waals surface area (Å²) >= 11 is 5.58. The molecule has 28 heavy (non-hydrogen) atoms. The molecule has 0 saturated carbocycles. The Labute approximate surface area is 165 Å². The average molecular weight is 408 g/mol. The number of anilines is 2. The van der Waals surface area contributed by atoms with Crippen molar-refractivity contribution < 1.29 is 18.0 Å². The van der Waals surface area contributed by atoms with Crippen LogP contribution in [-0.2, 0) is 17.4 Å². The van der Waals surface area contributed by atoms with Crippen molar-refractivity contribution in [3.8, 4) is 6.07 Å². The van der Waals surface area contributed by atoms with Gasteiger partial charge in [0, 0.05) is 17.6 Å². The second kappa shape index (κ2) is 8.81. The number of hydrogen-bond acceptors (Lipinski definition) is 3. The van der Waals surface area contributed by atoms with E-state index in [9.17, 15) is 23.2 Å². The first-order valence-electron chi connectivity index (χ1n) is 8.30. The lowest BCUT2D eigenvalue weighted by molar-refractivity contribution is -0.137. The van der Waals surface area contributed by atoms with Crippen LogP contribution < -0.4 is 10.6 Å². The molecule has 0 aromatic heterocycles. The number of nitrogens with zero attached hydrogens (tertiary/aromatic N) is 1. The van der Waals surface area contributed by atoms with Gasteiger partial charge in [0.25, 0.3) is 5.91 Å². The number of benzene rings is 2. The van der Waals surface area contributed by atoms with Crippen molar-refractivity contribution in [3.05, 3.63) is 69.9 Å². The number of alkyl halides is 3. The van der Waals surface area contributed by atoms with Gasteiger partial charge in [0.2, 0.25) is 0 Å². The summed E-state index contributed by atoms with van der Waals surface area (Å²) in [4.78, 5) is 12.4. The molecule has 0 aliphatic heterocycles. The van der Waals surface area contributed by atoms with Crippen LogP contribution in [0.3, 0.4) is 0 Å². The van der Waals surface area contributed by atoms with Crippen LogP contribution in [-0.4, -0.2) is 5.91 Å². The molecule has 8 heteroatoms. The van der Waals surface area contributed by atoms with Gasteiger partial charge < -0.3 is 10.6 Å². The topological polar surface area (TPSA) is 64.9 Å². The highest BCUT2D eigenvalue weighted by Crippen LogP contribution is 2.36.